The van der Waals surface area contributed by atoms with Crippen molar-refractivity contribution in [2.75, 3.05) is 0 Å². The molecule has 0 unspecified atom stereocenters. The van der Waals surface area contributed by atoms with Gasteiger partial charge < -0.3 is 14.6 Å². The molecule has 0 fully saturated rings. The minimum atomic E-state index is -1.32. The predicted molar refractivity (Wildman–Crippen MR) is 66.3 cm³/mol. The Hall–Kier alpha value is -1.53. The summed E-state index contributed by atoms with van der Waals surface area (Å²) in [6.45, 7) is 0.0641. The Morgan fingerprint density at radius 3 is 2.89 bits per heavy atom. The standard InChI is InChI=1S/C11H8BrClN2O3/c12-7-1-2-10(8(13)5-7)18-6-15-4-3-9(14-15)11(16)17/h1-5H,6H2,(H,16,17)/p-1. The number of ether oxygens (including phenoxy) is 1. The maximum absolute atomic E-state index is 10.5. The Kier molecular flexibility index (Phi) is 3.88. The second-order valence-corrected chi connectivity index (χ2v) is 4.70. The molecule has 0 spiro atoms. The van der Waals surface area contributed by atoms with Crippen LogP contribution < -0.4 is 9.84 Å². The van der Waals surface area contributed by atoms with E-state index in [4.69, 9.17) is 16.3 Å². The normalized spacial score (nSPS) is 10.3. The molecule has 0 amide bonds. The van der Waals surface area contributed by atoms with Gasteiger partial charge in [-0.3, -0.25) is 0 Å². The molecule has 1 heterocycles. The molecule has 0 N–H and O–H groups in total. The van der Waals surface area contributed by atoms with Gasteiger partial charge in [0.1, 0.15) is 11.4 Å². The Bertz CT molecular complexity index is 585. The molecule has 0 bridgehead atoms. The van der Waals surface area contributed by atoms with E-state index in [-0.39, 0.29) is 12.4 Å². The molecular weight excluding hydrogens is 323 g/mol. The van der Waals surface area contributed by atoms with Gasteiger partial charge in [0.25, 0.3) is 0 Å². The molecule has 0 atom stereocenters. The number of aromatic nitrogens is 2. The number of hydrogen-bond donors (Lipinski definition) is 0. The number of benzene rings is 1. The van der Waals surface area contributed by atoms with E-state index in [0.717, 1.165) is 4.47 Å². The van der Waals surface area contributed by atoms with E-state index < -0.39 is 5.97 Å². The molecule has 0 aliphatic carbocycles. The highest BCUT2D eigenvalue weighted by Gasteiger charge is 2.04. The van der Waals surface area contributed by atoms with Crippen molar-refractivity contribution in [3.8, 4) is 5.75 Å². The van der Waals surface area contributed by atoms with Crippen molar-refractivity contribution in [3.05, 3.63) is 45.7 Å². The number of aromatic carboxylic acids is 1. The third-order valence-electron chi connectivity index (χ3n) is 2.10. The molecule has 0 aliphatic heterocycles. The summed E-state index contributed by atoms with van der Waals surface area (Å²) in [6, 6.07) is 6.53. The summed E-state index contributed by atoms with van der Waals surface area (Å²) in [7, 11) is 0. The first-order chi connectivity index (χ1) is 8.56. The summed E-state index contributed by atoms with van der Waals surface area (Å²) in [5, 5.41) is 14.7. The molecular formula is C11H7BrClN2O3-. The molecule has 7 heteroatoms. The van der Waals surface area contributed by atoms with Crippen LogP contribution in [0.4, 0.5) is 0 Å². The van der Waals surface area contributed by atoms with E-state index in [1.165, 1.54) is 16.9 Å². The topological polar surface area (TPSA) is 67.2 Å². The number of carbonyl (C=O) groups excluding carboxylic acids is 1. The number of carboxylic acids is 1. The average molecular weight is 331 g/mol. The van der Waals surface area contributed by atoms with Gasteiger partial charge in [0.2, 0.25) is 0 Å². The molecule has 0 radical (unpaired) electrons. The first-order valence-electron chi connectivity index (χ1n) is 4.89. The quantitative estimate of drug-likeness (QED) is 0.856. The third-order valence-corrected chi connectivity index (χ3v) is 2.88. The second kappa shape index (κ2) is 5.41. The zero-order valence-corrected chi connectivity index (χ0v) is 11.3. The number of carboxylic acid groups (broad SMARTS) is 1. The Balaban J connectivity index is 2.04. The van der Waals surface area contributed by atoms with Crippen LogP contribution in [-0.4, -0.2) is 15.7 Å². The molecule has 18 heavy (non-hydrogen) atoms. The van der Waals surface area contributed by atoms with E-state index in [0.29, 0.717) is 10.8 Å². The van der Waals surface area contributed by atoms with Crippen LogP contribution in [0.1, 0.15) is 10.5 Å². The molecule has 0 aliphatic rings. The number of nitrogens with zero attached hydrogens (tertiary/aromatic N) is 2. The van der Waals surface area contributed by atoms with Gasteiger partial charge in [-0.25, -0.2) is 4.68 Å². The van der Waals surface area contributed by atoms with Crippen molar-refractivity contribution in [2.24, 2.45) is 0 Å². The van der Waals surface area contributed by atoms with Gasteiger partial charge in [-0.2, -0.15) is 5.10 Å². The summed E-state index contributed by atoms with van der Waals surface area (Å²) in [5.74, 6) is -0.833. The highest BCUT2D eigenvalue weighted by Crippen LogP contribution is 2.27. The lowest BCUT2D eigenvalue weighted by atomic mass is 10.3. The molecule has 0 saturated heterocycles. The smallest absolute Gasteiger partial charge is 0.180 e. The van der Waals surface area contributed by atoms with Crippen LogP contribution in [0.2, 0.25) is 5.02 Å². The molecule has 94 valence electrons. The maximum Gasteiger partial charge on any atom is 0.180 e. The van der Waals surface area contributed by atoms with Crippen LogP contribution in [0.25, 0.3) is 0 Å². The van der Waals surface area contributed by atoms with Crippen molar-refractivity contribution in [3.63, 3.8) is 0 Å². The Labute approximate surface area is 116 Å². The fraction of sp³-hybridized carbons (Fsp3) is 0.0909. The number of halogens is 2. The largest absolute Gasteiger partial charge is 0.543 e. The number of carbonyl (C=O) groups is 1. The Morgan fingerprint density at radius 2 is 2.28 bits per heavy atom. The second-order valence-electron chi connectivity index (χ2n) is 3.38. The van der Waals surface area contributed by atoms with Crippen LogP contribution in [-0.2, 0) is 6.73 Å². The molecule has 2 rings (SSSR count). The monoisotopic (exact) mass is 329 g/mol. The SMILES string of the molecule is O=C([O-])c1ccn(COc2ccc(Br)cc2Cl)n1. The van der Waals surface area contributed by atoms with E-state index in [1.807, 2.05) is 0 Å². The fourth-order valence-electron chi connectivity index (χ4n) is 1.27. The van der Waals surface area contributed by atoms with Crippen molar-refractivity contribution in [1.29, 1.82) is 0 Å². The van der Waals surface area contributed by atoms with E-state index >= 15 is 0 Å². The van der Waals surface area contributed by atoms with Crippen molar-refractivity contribution >= 4 is 33.5 Å². The summed E-state index contributed by atoms with van der Waals surface area (Å²) < 4.78 is 7.59. The summed E-state index contributed by atoms with van der Waals surface area (Å²) in [5.41, 5.74) is -0.138. The van der Waals surface area contributed by atoms with Gasteiger partial charge in [0.15, 0.2) is 6.73 Å². The lowest BCUT2D eigenvalue weighted by Gasteiger charge is -2.08. The van der Waals surface area contributed by atoms with Gasteiger partial charge in [-0.15, -0.1) is 0 Å². The number of rotatable bonds is 4. The lowest BCUT2D eigenvalue weighted by molar-refractivity contribution is -0.255. The zero-order valence-electron chi connectivity index (χ0n) is 8.97. The van der Waals surface area contributed by atoms with Crippen molar-refractivity contribution in [2.45, 2.75) is 6.73 Å². The maximum atomic E-state index is 10.5. The summed E-state index contributed by atoms with van der Waals surface area (Å²) in [6.07, 6.45) is 1.48. The minimum Gasteiger partial charge on any atom is -0.543 e. The Morgan fingerprint density at radius 1 is 1.50 bits per heavy atom. The van der Waals surface area contributed by atoms with Gasteiger partial charge in [0.05, 0.1) is 11.0 Å². The molecule has 1 aromatic carbocycles. The van der Waals surface area contributed by atoms with E-state index in [2.05, 4.69) is 21.0 Å². The van der Waals surface area contributed by atoms with Crippen LogP contribution in [0, 0.1) is 0 Å². The lowest BCUT2D eigenvalue weighted by Crippen LogP contribution is -2.23. The zero-order chi connectivity index (χ0) is 13.1. The van der Waals surface area contributed by atoms with Gasteiger partial charge in [-0.1, -0.05) is 27.5 Å². The molecule has 2 aromatic rings. The fourth-order valence-corrected chi connectivity index (χ4v) is 2.00. The van der Waals surface area contributed by atoms with Crippen LogP contribution >= 0.6 is 27.5 Å². The first-order valence-corrected chi connectivity index (χ1v) is 6.06. The van der Waals surface area contributed by atoms with E-state index in [1.54, 1.807) is 18.2 Å². The average Bonchev–Trinajstić information content (AvgIpc) is 2.76. The summed E-state index contributed by atoms with van der Waals surface area (Å²) in [4.78, 5) is 10.5. The van der Waals surface area contributed by atoms with Crippen LogP contribution in [0.15, 0.2) is 34.9 Å². The number of hydrogen-bond acceptors (Lipinski definition) is 4. The van der Waals surface area contributed by atoms with E-state index in [9.17, 15) is 9.90 Å². The summed E-state index contributed by atoms with van der Waals surface area (Å²) >= 11 is 9.24. The van der Waals surface area contributed by atoms with Crippen molar-refractivity contribution in [1.82, 2.24) is 9.78 Å². The highest BCUT2D eigenvalue weighted by atomic mass is 79.9. The first kappa shape index (κ1) is 12.9. The van der Waals surface area contributed by atoms with Gasteiger partial charge in [0, 0.05) is 10.7 Å². The minimum absolute atomic E-state index is 0.0641. The molecule has 5 nitrogen and oxygen atoms in total. The van der Waals surface area contributed by atoms with Gasteiger partial charge in [-0.05, 0) is 24.3 Å². The van der Waals surface area contributed by atoms with Crippen LogP contribution in [0.5, 0.6) is 5.75 Å². The van der Waals surface area contributed by atoms with Gasteiger partial charge >= 0.3 is 0 Å². The molecule has 0 saturated carbocycles. The molecule has 1 aromatic heterocycles. The third kappa shape index (κ3) is 3.02. The predicted octanol–water partition coefficient (Wildman–Crippen LogP) is 1.70. The van der Waals surface area contributed by atoms with Crippen molar-refractivity contribution < 1.29 is 14.6 Å². The highest BCUT2D eigenvalue weighted by molar-refractivity contribution is 9.10. The van der Waals surface area contributed by atoms with Crippen LogP contribution in [0.3, 0.4) is 0 Å².